The van der Waals surface area contributed by atoms with Crippen LogP contribution >= 0.6 is 23.5 Å². The number of urea groups is 1. The average molecular weight is 374 g/mol. The zero-order valence-electron chi connectivity index (χ0n) is 13.2. The smallest absolute Gasteiger partial charge is 0.333 e. The predicted octanol–water partition coefficient (Wildman–Crippen LogP) is -0.188. The van der Waals surface area contributed by atoms with Crippen LogP contribution in [0.2, 0.25) is 0 Å². The summed E-state index contributed by atoms with van der Waals surface area (Å²) in [6, 6.07) is -0.753. The Kier molecular flexibility index (Phi) is 5.23. The SMILES string of the molecule is COC(=O)[C@H]1SC(=C2C(=O)N(C)C(=O)N(C)C2=O)S[C@@H]1C(=O)OC. The van der Waals surface area contributed by atoms with E-state index in [2.05, 4.69) is 9.47 Å². The molecule has 0 spiro atoms. The second-order valence-corrected chi connectivity index (χ2v) is 7.36. The lowest BCUT2D eigenvalue weighted by Gasteiger charge is -2.29. The van der Waals surface area contributed by atoms with Gasteiger partial charge in [0.25, 0.3) is 11.8 Å². The predicted molar refractivity (Wildman–Crippen MR) is 84.8 cm³/mol. The van der Waals surface area contributed by atoms with E-state index in [0.29, 0.717) is 0 Å². The van der Waals surface area contributed by atoms with Gasteiger partial charge in [0.15, 0.2) is 0 Å². The molecule has 2 heterocycles. The van der Waals surface area contributed by atoms with Crippen LogP contribution in [0.15, 0.2) is 9.81 Å². The van der Waals surface area contributed by atoms with Crippen molar-refractivity contribution in [1.29, 1.82) is 0 Å². The van der Waals surface area contributed by atoms with Crippen LogP contribution < -0.4 is 0 Å². The number of nitrogens with zero attached hydrogens (tertiary/aromatic N) is 2. The van der Waals surface area contributed by atoms with Crippen molar-refractivity contribution in [2.45, 2.75) is 10.5 Å². The van der Waals surface area contributed by atoms with Gasteiger partial charge >= 0.3 is 18.0 Å². The molecule has 2 atom stereocenters. The van der Waals surface area contributed by atoms with Crippen LogP contribution in [0.4, 0.5) is 4.79 Å². The van der Waals surface area contributed by atoms with Crippen molar-refractivity contribution >= 4 is 53.3 Å². The summed E-state index contributed by atoms with van der Waals surface area (Å²) in [5.41, 5.74) is -0.255. The Morgan fingerprint density at radius 3 is 1.58 bits per heavy atom. The topological polar surface area (TPSA) is 110 Å². The van der Waals surface area contributed by atoms with Gasteiger partial charge in [-0.15, -0.1) is 23.5 Å². The van der Waals surface area contributed by atoms with E-state index in [4.69, 9.17) is 0 Å². The molecule has 130 valence electrons. The van der Waals surface area contributed by atoms with Gasteiger partial charge in [-0.05, 0) is 0 Å². The number of esters is 2. The third-order valence-corrected chi connectivity index (χ3v) is 6.45. The Bertz CT molecular complexity index is 623. The molecule has 2 saturated heterocycles. The molecule has 0 radical (unpaired) electrons. The van der Waals surface area contributed by atoms with Gasteiger partial charge in [0.2, 0.25) is 0 Å². The molecule has 0 aliphatic carbocycles. The maximum Gasteiger partial charge on any atom is 0.333 e. The largest absolute Gasteiger partial charge is 0.468 e. The molecule has 2 aliphatic rings. The Balaban J connectivity index is 2.47. The quantitative estimate of drug-likeness (QED) is 0.369. The molecular weight excluding hydrogens is 360 g/mol. The van der Waals surface area contributed by atoms with Crippen molar-refractivity contribution < 1.29 is 33.4 Å². The maximum absolute atomic E-state index is 12.3. The van der Waals surface area contributed by atoms with Gasteiger partial charge in [-0.1, -0.05) is 0 Å². The molecule has 0 bridgehead atoms. The first-order chi connectivity index (χ1) is 11.2. The fraction of sp³-hybridized carbons (Fsp3) is 0.462. The summed E-state index contributed by atoms with van der Waals surface area (Å²) >= 11 is 1.75. The minimum atomic E-state index is -0.955. The van der Waals surface area contributed by atoms with Crippen LogP contribution in [-0.4, -0.2) is 78.4 Å². The number of carbonyl (C=O) groups excluding carboxylic acids is 5. The summed E-state index contributed by atoms with van der Waals surface area (Å²) in [7, 11) is 4.83. The van der Waals surface area contributed by atoms with Gasteiger partial charge in [0.1, 0.15) is 16.1 Å². The number of thioether (sulfide) groups is 2. The van der Waals surface area contributed by atoms with Crippen molar-refractivity contribution in [3.63, 3.8) is 0 Å². The molecule has 0 saturated carbocycles. The zero-order chi connectivity index (χ0) is 18.2. The van der Waals surface area contributed by atoms with E-state index in [-0.39, 0.29) is 9.81 Å². The van der Waals surface area contributed by atoms with E-state index < -0.39 is 40.3 Å². The minimum absolute atomic E-state index is 0.182. The third kappa shape index (κ3) is 2.88. The average Bonchev–Trinajstić information content (AvgIpc) is 3.01. The summed E-state index contributed by atoms with van der Waals surface area (Å²) in [5.74, 6) is -2.92. The first kappa shape index (κ1) is 18.3. The van der Waals surface area contributed by atoms with Crippen LogP contribution in [0.5, 0.6) is 0 Å². The molecule has 0 aromatic carbocycles. The van der Waals surface area contributed by atoms with E-state index in [0.717, 1.165) is 33.3 Å². The van der Waals surface area contributed by atoms with Crippen LogP contribution in [-0.2, 0) is 28.7 Å². The molecule has 0 N–H and O–H groups in total. The highest BCUT2D eigenvalue weighted by atomic mass is 32.2. The van der Waals surface area contributed by atoms with E-state index in [1.54, 1.807) is 0 Å². The number of barbiturate groups is 1. The summed E-state index contributed by atoms with van der Waals surface area (Å²) in [4.78, 5) is 61.8. The van der Waals surface area contributed by atoms with Gasteiger partial charge < -0.3 is 9.47 Å². The summed E-state index contributed by atoms with van der Waals surface area (Å²) in [6.07, 6.45) is 0. The Labute approximate surface area is 145 Å². The van der Waals surface area contributed by atoms with Crippen LogP contribution in [0, 0.1) is 0 Å². The van der Waals surface area contributed by atoms with Gasteiger partial charge in [0, 0.05) is 14.1 Å². The Morgan fingerprint density at radius 1 is 0.875 bits per heavy atom. The highest BCUT2D eigenvalue weighted by Gasteiger charge is 2.48. The van der Waals surface area contributed by atoms with E-state index in [1.807, 2.05) is 0 Å². The molecule has 2 aliphatic heterocycles. The summed E-state index contributed by atoms with van der Waals surface area (Å²) in [5, 5.41) is -1.91. The lowest BCUT2D eigenvalue weighted by Crippen LogP contribution is -2.53. The molecule has 0 aromatic rings. The lowest BCUT2D eigenvalue weighted by molar-refractivity contribution is -0.145. The summed E-state index contributed by atoms with van der Waals surface area (Å²) in [6.45, 7) is 0. The number of carbonyl (C=O) groups is 5. The van der Waals surface area contributed by atoms with Gasteiger partial charge in [-0.3, -0.25) is 29.0 Å². The molecule has 0 unspecified atom stereocenters. The van der Waals surface area contributed by atoms with Crippen molar-refractivity contribution in [3.8, 4) is 0 Å². The van der Waals surface area contributed by atoms with Crippen molar-refractivity contribution in [1.82, 2.24) is 9.80 Å². The second-order valence-electron chi connectivity index (χ2n) is 4.80. The van der Waals surface area contributed by atoms with E-state index in [9.17, 15) is 24.0 Å². The number of rotatable bonds is 2. The highest BCUT2D eigenvalue weighted by Crippen LogP contribution is 2.50. The first-order valence-corrected chi connectivity index (χ1v) is 8.33. The second kappa shape index (κ2) is 6.85. The highest BCUT2D eigenvalue weighted by molar-refractivity contribution is 8.26. The third-order valence-electron chi connectivity index (χ3n) is 3.42. The Hall–Kier alpha value is -2.01. The van der Waals surface area contributed by atoms with Crippen molar-refractivity contribution in [2.75, 3.05) is 28.3 Å². The van der Waals surface area contributed by atoms with Gasteiger partial charge in [0.05, 0.1) is 18.5 Å². The van der Waals surface area contributed by atoms with Gasteiger partial charge in [-0.2, -0.15) is 0 Å². The van der Waals surface area contributed by atoms with E-state index in [1.165, 1.54) is 28.3 Å². The van der Waals surface area contributed by atoms with Crippen LogP contribution in [0.3, 0.4) is 0 Å². The number of methoxy groups -OCH3 is 2. The monoisotopic (exact) mass is 374 g/mol. The van der Waals surface area contributed by atoms with Gasteiger partial charge in [-0.25, -0.2) is 4.79 Å². The molecule has 0 aromatic heterocycles. The minimum Gasteiger partial charge on any atom is -0.468 e. The first-order valence-electron chi connectivity index (χ1n) is 6.57. The summed E-state index contributed by atoms with van der Waals surface area (Å²) < 4.78 is 9.50. The number of ether oxygens (including phenoxy) is 2. The van der Waals surface area contributed by atoms with Crippen LogP contribution in [0.25, 0.3) is 0 Å². The molecule has 4 amide bonds. The molecular formula is C13H14N2O7S2. The zero-order valence-corrected chi connectivity index (χ0v) is 14.9. The number of likely N-dealkylation sites (N-methyl/N-ethyl adjacent to an activating group) is 2. The fourth-order valence-electron chi connectivity index (χ4n) is 2.08. The molecule has 9 nitrogen and oxygen atoms in total. The standard InChI is InChI=1S/C13H14N2O7S2/c1-14-8(16)5(9(17)15(2)13(14)20)12-23-6(10(18)21-3)7(24-12)11(19)22-4/h6-7H,1-4H3/t6-,7-/m0/s1. The number of amides is 4. The number of imide groups is 2. The molecule has 2 fully saturated rings. The maximum atomic E-state index is 12.3. The fourth-order valence-corrected chi connectivity index (χ4v) is 5.15. The normalized spacial score (nSPS) is 24.6. The van der Waals surface area contributed by atoms with Crippen molar-refractivity contribution in [3.05, 3.63) is 9.81 Å². The van der Waals surface area contributed by atoms with Crippen molar-refractivity contribution in [2.24, 2.45) is 0 Å². The molecule has 2 rings (SSSR count). The molecule has 11 heteroatoms. The number of hydrogen-bond acceptors (Lipinski definition) is 9. The van der Waals surface area contributed by atoms with Crippen LogP contribution in [0.1, 0.15) is 0 Å². The van der Waals surface area contributed by atoms with E-state index >= 15 is 0 Å². The number of hydrogen-bond donors (Lipinski definition) is 0. The Morgan fingerprint density at radius 2 is 1.25 bits per heavy atom. The molecule has 24 heavy (non-hydrogen) atoms. The lowest BCUT2D eigenvalue weighted by atomic mass is 10.2.